The van der Waals surface area contributed by atoms with Crippen molar-refractivity contribution in [3.8, 4) is 0 Å². The first kappa shape index (κ1) is 15.9. The van der Waals surface area contributed by atoms with Crippen molar-refractivity contribution in [2.45, 2.75) is 39.2 Å². The van der Waals surface area contributed by atoms with Gasteiger partial charge in [-0.15, -0.1) is 0 Å². The fraction of sp³-hybridized carbons (Fsp3) is 0.400. The number of benzene rings is 1. The van der Waals surface area contributed by atoms with Crippen LogP contribution in [0.15, 0.2) is 34.9 Å². The van der Waals surface area contributed by atoms with E-state index in [4.69, 9.17) is 4.42 Å². The van der Waals surface area contributed by atoms with Crippen molar-refractivity contribution < 1.29 is 9.21 Å². The Hall–Kier alpha value is -2.56. The Kier molecular flexibility index (Phi) is 4.07. The maximum absolute atomic E-state index is 13.0. The van der Waals surface area contributed by atoms with Crippen molar-refractivity contribution in [2.75, 3.05) is 7.05 Å². The van der Waals surface area contributed by atoms with Crippen LogP contribution in [0.5, 0.6) is 0 Å². The van der Waals surface area contributed by atoms with E-state index >= 15 is 0 Å². The predicted octanol–water partition coefficient (Wildman–Crippen LogP) is 3.48. The van der Waals surface area contributed by atoms with Gasteiger partial charge in [0.15, 0.2) is 0 Å². The van der Waals surface area contributed by atoms with E-state index in [0.717, 1.165) is 48.0 Å². The Morgan fingerprint density at radius 1 is 1.40 bits per heavy atom. The number of aromatic amines is 1. The quantitative estimate of drug-likeness (QED) is 0.793. The summed E-state index contributed by atoms with van der Waals surface area (Å²) in [5.41, 5.74) is 4.39. The minimum atomic E-state index is 0.0401. The number of furan rings is 1. The number of carbonyl (C=O) groups excluding carboxylic acids is 1. The second kappa shape index (κ2) is 6.39. The van der Waals surface area contributed by atoms with Crippen molar-refractivity contribution in [3.05, 3.63) is 53.0 Å². The molecule has 1 aliphatic carbocycles. The maximum atomic E-state index is 13.0. The van der Waals surface area contributed by atoms with Crippen molar-refractivity contribution in [1.82, 2.24) is 15.1 Å². The van der Waals surface area contributed by atoms with Crippen LogP contribution in [0.25, 0.3) is 11.0 Å². The number of hydrogen-bond donors (Lipinski definition) is 1. The normalized spacial score (nSPS) is 16.8. The Bertz CT molecular complexity index is 909. The highest BCUT2D eigenvalue weighted by atomic mass is 16.3. The van der Waals surface area contributed by atoms with E-state index in [1.165, 1.54) is 11.3 Å². The van der Waals surface area contributed by atoms with E-state index in [1.54, 1.807) is 0 Å². The monoisotopic (exact) mass is 337 g/mol. The third-order valence-corrected chi connectivity index (χ3v) is 5.24. The van der Waals surface area contributed by atoms with E-state index in [0.29, 0.717) is 6.54 Å². The van der Waals surface area contributed by atoms with E-state index in [2.05, 4.69) is 23.2 Å². The van der Waals surface area contributed by atoms with Crippen molar-refractivity contribution in [3.63, 3.8) is 0 Å². The molecule has 0 aliphatic heterocycles. The fourth-order valence-corrected chi connectivity index (χ4v) is 3.86. The maximum Gasteiger partial charge on any atom is 0.226 e. The number of H-pyrrole nitrogens is 1. The summed E-state index contributed by atoms with van der Waals surface area (Å²) in [5, 5.41) is 8.24. The van der Waals surface area contributed by atoms with Crippen LogP contribution in [0, 0.1) is 5.92 Å². The first-order chi connectivity index (χ1) is 12.2. The first-order valence-corrected chi connectivity index (χ1v) is 8.92. The van der Waals surface area contributed by atoms with Crippen LogP contribution in [0.3, 0.4) is 0 Å². The summed E-state index contributed by atoms with van der Waals surface area (Å²) in [6, 6.07) is 8.06. The minimum Gasteiger partial charge on any atom is -0.461 e. The molecule has 0 bridgehead atoms. The average molecular weight is 337 g/mol. The number of nitrogens with zero attached hydrogens (tertiary/aromatic N) is 2. The smallest absolute Gasteiger partial charge is 0.226 e. The summed E-state index contributed by atoms with van der Waals surface area (Å²) < 4.78 is 5.96. The van der Waals surface area contributed by atoms with Crippen molar-refractivity contribution >= 4 is 16.9 Å². The lowest BCUT2D eigenvalue weighted by Crippen LogP contribution is -2.35. The molecule has 3 aromatic rings. The number of carbonyl (C=O) groups is 1. The summed E-state index contributed by atoms with van der Waals surface area (Å²) in [7, 11) is 1.90. The van der Waals surface area contributed by atoms with Crippen molar-refractivity contribution in [2.24, 2.45) is 5.92 Å². The molecule has 1 unspecified atom stereocenters. The van der Waals surface area contributed by atoms with Gasteiger partial charge in [0, 0.05) is 42.6 Å². The molecule has 0 fully saturated rings. The van der Waals surface area contributed by atoms with Crippen LogP contribution in [0.4, 0.5) is 0 Å². The largest absolute Gasteiger partial charge is 0.461 e. The van der Waals surface area contributed by atoms with Gasteiger partial charge in [0.05, 0.1) is 6.20 Å². The molecule has 2 aromatic heterocycles. The molecule has 25 heavy (non-hydrogen) atoms. The number of aryl methyl sites for hydroxylation is 2. The number of nitrogens with one attached hydrogen (secondary N) is 1. The lowest BCUT2D eigenvalue weighted by atomic mass is 9.87. The molecule has 0 spiro atoms. The Labute approximate surface area is 147 Å². The van der Waals surface area contributed by atoms with Gasteiger partial charge in [0.25, 0.3) is 0 Å². The highest BCUT2D eigenvalue weighted by molar-refractivity contribution is 5.84. The molecule has 1 aliphatic rings. The van der Waals surface area contributed by atoms with Crippen LogP contribution < -0.4 is 0 Å². The minimum absolute atomic E-state index is 0.0401. The summed E-state index contributed by atoms with van der Waals surface area (Å²) in [6.45, 7) is 2.68. The molecule has 1 aromatic carbocycles. The zero-order chi connectivity index (χ0) is 17.4. The van der Waals surface area contributed by atoms with Gasteiger partial charge in [-0.3, -0.25) is 9.89 Å². The number of amides is 1. The summed E-state index contributed by atoms with van der Waals surface area (Å²) >= 11 is 0. The molecule has 2 heterocycles. The molecule has 0 radical (unpaired) electrons. The summed E-state index contributed by atoms with van der Waals surface area (Å²) in [5.74, 6) is 1.22. The van der Waals surface area contributed by atoms with Gasteiger partial charge in [0.1, 0.15) is 11.3 Å². The van der Waals surface area contributed by atoms with Crippen LogP contribution in [-0.4, -0.2) is 28.1 Å². The van der Waals surface area contributed by atoms with Gasteiger partial charge in [-0.25, -0.2) is 0 Å². The lowest BCUT2D eigenvalue weighted by molar-refractivity contribution is -0.135. The number of hydrogen-bond acceptors (Lipinski definition) is 3. The molecular weight excluding hydrogens is 314 g/mol. The molecule has 5 heteroatoms. The van der Waals surface area contributed by atoms with Gasteiger partial charge in [-0.1, -0.05) is 25.1 Å². The van der Waals surface area contributed by atoms with E-state index < -0.39 is 0 Å². The number of rotatable bonds is 4. The van der Waals surface area contributed by atoms with Crippen molar-refractivity contribution in [1.29, 1.82) is 0 Å². The average Bonchev–Trinajstić information content (AvgIpc) is 3.24. The van der Waals surface area contributed by atoms with E-state index in [9.17, 15) is 4.79 Å². The number of para-hydroxylation sites is 1. The molecule has 1 N–H and O–H groups in total. The molecular formula is C20H23N3O2. The molecule has 0 saturated carbocycles. The van der Waals surface area contributed by atoms with Crippen LogP contribution in [0.2, 0.25) is 0 Å². The Morgan fingerprint density at radius 2 is 2.24 bits per heavy atom. The second-order valence-electron chi connectivity index (χ2n) is 6.86. The van der Waals surface area contributed by atoms with E-state index in [-0.39, 0.29) is 11.8 Å². The number of aromatic nitrogens is 2. The molecule has 1 atom stereocenters. The molecule has 0 saturated heterocycles. The SMILES string of the molecule is CCc1oc2ccccc2c1CN(C)C(=O)C1CCc2[nH]ncc2C1. The third-order valence-electron chi connectivity index (χ3n) is 5.24. The summed E-state index contributed by atoms with van der Waals surface area (Å²) in [4.78, 5) is 14.8. The van der Waals surface area contributed by atoms with Gasteiger partial charge in [-0.2, -0.15) is 5.10 Å². The van der Waals surface area contributed by atoms with Gasteiger partial charge < -0.3 is 9.32 Å². The van der Waals surface area contributed by atoms with E-state index in [1.807, 2.05) is 36.3 Å². The highest BCUT2D eigenvalue weighted by Crippen LogP contribution is 2.29. The summed E-state index contributed by atoms with van der Waals surface area (Å²) in [6.07, 6.45) is 5.24. The van der Waals surface area contributed by atoms with Crippen LogP contribution in [-0.2, 0) is 30.6 Å². The third kappa shape index (κ3) is 2.84. The van der Waals surface area contributed by atoms with Gasteiger partial charge in [-0.05, 0) is 30.9 Å². The molecule has 130 valence electrons. The molecule has 1 amide bonds. The topological polar surface area (TPSA) is 62.1 Å². The van der Waals surface area contributed by atoms with Crippen LogP contribution >= 0.6 is 0 Å². The standard InChI is InChI=1S/C20H23N3O2/c1-3-18-16(15-6-4-5-7-19(15)25-18)12-23(2)20(24)13-8-9-17-14(10-13)11-21-22-17/h4-7,11,13H,3,8-10,12H2,1-2H3,(H,21,22). The zero-order valence-electron chi connectivity index (χ0n) is 14.7. The first-order valence-electron chi connectivity index (χ1n) is 8.92. The second-order valence-corrected chi connectivity index (χ2v) is 6.86. The van der Waals surface area contributed by atoms with Crippen LogP contribution in [0.1, 0.15) is 35.9 Å². The van der Waals surface area contributed by atoms with Gasteiger partial charge >= 0.3 is 0 Å². The Morgan fingerprint density at radius 3 is 3.08 bits per heavy atom. The lowest BCUT2D eigenvalue weighted by Gasteiger charge is -2.26. The fourth-order valence-electron chi connectivity index (χ4n) is 3.86. The Balaban J connectivity index is 1.54. The highest BCUT2D eigenvalue weighted by Gasteiger charge is 2.28. The van der Waals surface area contributed by atoms with Gasteiger partial charge in [0.2, 0.25) is 5.91 Å². The zero-order valence-corrected chi connectivity index (χ0v) is 14.7. The predicted molar refractivity (Wildman–Crippen MR) is 96.2 cm³/mol. The molecule has 4 rings (SSSR count). The molecule has 5 nitrogen and oxygen atoms in total. The number of fused-ring (bicyclic) bond motifs is 2.